The molecule has 0 amide bonds. The van der Waals surface area contributed by atoms with Gasteiger partial charge in [-0.3, -0.25) is 4.90 Å². The van der Waals surface area contributed by atoms with Crippen molar-refractivity contribution in [3.63, 3.8) is 0 Å². The molecule has 1 N–H and O–H groups in total. The van der Waals surface area contributed by atoms with E-state index in [-0.39, 0.29) is 6.04 Å². The van der Waals surface area contributed by atoms with Gasteiger partial charge in [-0.15, -0.1) is 4.72 Å². The molecule has 0 saturated carbocycles. The van der Waals surface area contributed by atoms with Crippen molar-refractivity contribution < 1.29 is 9.11 Å². The van der Waals surface area contributed by atoms with Gasteiger partial charge in [0.2, 0.25) is 0 Å². The Kier molecular flexibility index (Phi) is 7.61. The molecule has 0 bridgehead atoms. The van der Waals surface area contributed by atoms with E-state index in [0.29, 0.717) is 14.8 Å². The molecule has 1 unspecified atom stereocenters. The summed E-state index contributed by atoms with van der Waals surface area (Å²) in [6, 6.07) is 24.2. The summed E-state index contributed by atoms with van der Waals surface area (Å²) in [7, 11) is 0. The minimum absolute atomic E-state index is 0.122. The van der Waals surface area contributed by atoms with Crippen molar-refractivity contribution in [2.24, 2.45) is 0 Å². The summed E-state index contributed by atoms with van der Waals surface area (Å²) in [5.74, 6) is 0. The largest absolute Gasteiger partial charge is 0.612 e. The van der Waals surface area contributed by atoms with Crippen LogP contribution < -0.4 is 4.72 Å². The third-order valence-electron chi connectivity index (χ3n) is 5.45. The number of benzene rings is 3. The first kappa shape index (κ1) is 22.7. The lowest BCUT2D eigenvalue weighted by molar-refractivity contribution is 0.324. The average molecular weight is 473 g/mol. The zero-order valence-corrected chi connectivity index (χ0v) is 19.7. The summed E-state index contributed by atoms with van der Waals surface area (Å²) < 4.78 is 27.8. The molecular weight excluding hydrogens is 448 g/mol. The van der Waals surface area contributed by atoms with E-state index in [2.05, 4.69) is 58.2 Å². The molecule has 31 heavy (non-hydrogen) atoms. The third-order valence-corrected chi connectivity index (χ3v) is 8.09. The number of halogens is 1. The van der Waals surface area contributed by atoms with Crippen LogP contribution >= 0.6 is 11.6 Å². The Bertz CT molecular complexity index is 1000. The van der Waals surface area contributed by atoms with Crippen molar-refractivity contribution in [2.75, 3.05) is 19.3 Å². The van der Waals surface area contributed by atoms with Gasteiger partial charge in [0.25, 0.3) is 0 Å². The first-order chi connectivity index (χ1) is 15.0. The SMILES string of the molecule is C[S@@+]([O-])c1ccc(Cl)c([S+]([O-])N[C@@H]2CCN(Cc3ccc(-c4ccccc4)cc3)C2)c1. The van der Waals surface area contributed by atoms with Gasteiger partial charge in [-0.1, -0.05) is 66.2 Å². The maximum Gasteiger partial charge on any atom is 0.197 e. The van der Waals surface area contributed by atoms with E-state index in [1.54, 1.807) is 24.5 Å². The van der Waals surface area contributed by atoms with E-state index in [0.717, 1.165) is 26.1 Å². The predicted octanol–water partition coefficient (Wildman–Crippen LogP) is 4.63. The van der Waals surface area contributed by atoms with E-state index < -0.39 is 22.5 Å². The second kappa shape index (κ2) is 10.4. The Morgan fingerprint density at radius 1 is 1.00 bits per heavy atom. The van der Waals surface area contributed by atoms with Crippen LogP contribution in [0.25, 0.3) is 11.1 Å². The van der Waals surface area contributed by atoms with Crippen molar-refractivity contribution >= 4 is 34.1 Å². The van der Waals surface area contributed by atoms with Crippen LogP contribution in [0.2, 0.25) is 5.02 Å². The summed E-state index contributed by atoms with van der Waals surface area (Å²) in [6.07, 6.45) is 2.52. The Hall–Kier alpha value is -1.51. The summed E-state index contributed by atoms with van der Waals surface area (Å²) >= 11 is 3.65. The highest BCUT2D eigenvalue weighted by Gasteiger charge is 2.28. The van der Waals surface area contributed by atoms with Gasteiger partial charge in [0.05, 0.1) is 28.5 Å². The van der Waals surface area contributed by atoms with Crippen LogP contribution in [0, 0.1) is 0 Å². The fourth-order valence-corrected chi connectivity index (χ4v) is 5.83. The predicted molar refractivity (Wildman–Crippen MR) is 129 cm³/mol. The zero-order chi connectivity index (χ0) is 21.8. The van der Waals surface area contributed by atoms with Crippen LogP contribution in [0.3, 0.4) is 0 Å². The van der Waals surface area contributed by atoms with Gasteiger partial charge >= 0.3 is 0 Å². The molecule has 1 fully saturated rings. The van der Waals surface area contributed by atoms with Gasteiger partial charge in [-0.25, -0.2) is 0 Å². The quantitative estimate of drug-likeness (QED) is 0.509. The molecule has 1 saturated heterocycles. The van der Waals surface area contributed by atoms with E-state index >= 15 is 0 Å². The minimum Gasteiger partial charge on any atom is -0.612 e. The molecule has 3 atom stereocenters. The molecule has 3 aromatic rings. The first-order valence-corrected chi connectivity index (χ1v) is 13.3. The molecule has 1 aliphatic heterocycles. The summed E-state index contributed by atoms with van der Waals surface area (Å²) in [5.41, 5.74) is 3.70. The van der Waals surface area contributed by atoms with Gasteiger partial charge in [0.1, 0.15) is 6.26 Å². The number of likely N-dealkylation sites (tertiary alicyclic amines) is 1. The number of hydrogen-bond acceptors (Lipinski definition) is 4. The van der Waals surface area contributed by atoms with Crippen molar-refractivity contribution in [1.29, 1.82) is 0 Å². The average Bonchev–Trinajstić information content (AvgIpc) is 3.21. The Balaban J connectivity index is 1.33. The van der Waals surface area contributed by atoms with Crippen LogP contribution in [-0.4, -0.2) is 39.4 Å². The normalized spacial score (nSPS) is 18.8. The van der Waals surface area contributed by atoms with Crippen LogP contribution in [0.15, 0.2) is 82.6 Å². The lowest BCUT2D eigenvalue weighted by Gasteiger charge is -2.18. The van der Waals surface area contributed by atoms with Gasteiger partial charge in [0.15, 0.2) is 9.79 Å². The maximum atomic E-state index is 12.8. The number of nitrogens with one attached hydrogen (secondary N) is 1. The molecule has 4 rings (SSSR count). The van der Waals surface area contributed by atoms with Crippen molar-refractivity contribution in [3.8, 4) is 11.1 Å². The highest BCUT2D eigenvalue weighted by molar-refractivity contribution is 7.91. The van der Waals surface area contributed by atoms with Crippen LogP contribution in [0.4, 0.5) is 0 Å². The monoisotopic (exact) mass is 472 g/mol. The highest BCUT2D eigenvalue weighted by Crippen LogP contribution is 2.26. The molecule has 3 aromatic carbocycles. The molecule has 0 radical (unpaired) electrons. The van der Waals surface area contributed by atoms with Gasteiger partial charge in [-0.05, 0) is 46.4 Å². The van der Waals surface area contributed by atoms with E-state index in [9.17, 15) is 9.11 Å². The minimum atomic E-state index is -1.44. The van der Waals surface area contributed by atoms with Crippen molar-refractivity contribution in [3.05, 3.63) is 83.4 Å². The van der Waals surface area contributed by atoms with E-state index in [1.807, 2.05) is 6.07 Å². The Morgan fingerprint density at radius 3 is 2.42 bits per heavy atom. The lowest BCUT2D eigenvalue weighted by Crippen LogP contribution is -2.37. The molecule has 4 nitrogen and oxygen atoms in total. The Labute approximate surface area is 195 Å². The number of rotatable bonds is 7. The molecular formula is C24H25ClN2O2S2. The van der Waals surface area contributed by atoms with Crippen LogP contribution in [0.5, 0.6) is 0 Å². The standard InChI is InChI=1S/C24H25ClN2O2S2/c1-30(28)22-11-12-23(25)24(15-22)31(29)26-21-13-14-27(17-21)16-18-7-9-20(10-8-18)19-5-3-2-4-6-19/h2-12,15,21,26H,13-14,16-17H2,1H3/t21-,30-,31?/m1/s1. The molecule has 0 aromatic heterocycles. The second-order valence-corrected chi connectivity index (χ2v) is 10.7. The van der Waals surface area contributed by atoms with Crippen LogP contribution in [-0.2, 0) is 29.1 Å². The molecule has 0 spiro atoms. The fourth-order valence-electron chi connectivity index (χ4n) is 3.78. The zero-order valence-electron chi connectivity index (χ0n) is 17.3. The molecule has 1 heterocycles. The summed E-state index contributed by atoms with van der Waals surface area (Å²) in [5, 5.41) is 0.424. The maximum absolute atomic E-state index is 12.8. The van der Waals surface area contributed by atoms with Gasteiger partial charge < -0.3 is 9.11 Å². The fraction of sp³-hybridized carbons (Fsp3) is 0.250. The topological polar surface area (TPSA) is 61.4 Å². The van der Waals surface area contributed by atoms with E-state index in [4.69, 9.17) is 11.6 Å². The third kappa shape index (κ3) is 5.84. The molecule has 162 valence electrons. The molecule has 1 aliphatic rings. The van der Waals surface area contributed by atoms with E-state index in [1.165, 1.54) is 16.7 Å². The summed E-state index contributed by atoms with van der Waals surface area (Å²) in [4.78, 5) is 3.48. The Morgan fingerprint density at radius 2 is 1.71 bits per heavy atom. The van der Waals surface area contributed by atoms with Crippen LogP contribution in [0.1, 0.15) is 12.0 Å². The lowest BCUT2D eigenvalue weighted by atomic mass is 10.0. The summed E-state index contributed by atoms with van der Waals surface area (Å²) in [6.45, 7) is 2.64. The highest BCUT2D eigenvalue weighted by atomic mass is 35.5. The van der Waals surface area contributed by atoms with Gasteiger partial charge in [-0.2, -0.15) is 0 Å². The molecule has 0 aliphatic carbocycles. The second-order valence-electron chi connectivity index (χ2n) is 7.72. The number of hydrogen-bond donors (Lipinski definition) is 1. The first-order valence-electron chi connectivity index (χ1n) is 10.2. The number of nitrogens with zero attached hydrogens (tertiary/aromatic N) is 1. The van der Waals surface area contributed by atoms with Crippen molar-refractivity contribution in [2.45, 2.75) is 28.8 Å². The smallest absolute Gasteiger partial charge is 0.197 e. The van der Waals surface area contributed by atoms with Crippen molar-refractivity contribution in [1.82, 2.24) is 9.62 Å². The molecule has 7 heteroatoms. The van der Waals surface area contributed by atoms with Gasteiger partial charge in [0, 0.05) is 19.6 Å².